The Labute approximate surface area is 156 Å². The molecule has 0 aliphatic heterocycles. The zero-order valence-electron chi connectivity index (χ0n) is 15.5. The predicted molar refractivity (Wildman–Crippen MR) is 104 cm³/mol. The van der Waals surface area contributed by atoms with Gasteiger partial charge in [0.2, 0.25) is 0 Å². The quantitative estimate of drug-likeness (QED) is 0.259. The molecule has 0 radical (unpaired) electrons. The average molecular weight is 364 g/mol. The molecule has 1 aliphatic rings. The van der Waals surface area contributed by atoms with E-state index in [-0.39, 0.29) is 19.2 Å². The van der Waals surface area contributed by atoms with Gasteiger partial charge in [-0.25, -0.2) is 14.9 Å². The second kappa shape index (κ2) is 7.94. The molecule has 6 nitrogen and oxygen atoms in total. The van der Waals surface area contributed by atoms with Gasteiger partial charge in [0.25, 0.3) is 0 Å². The van der Waals surface area contributed by atoms with Crippen LogP contribution in [0.3, 0.4) is 0 Å². The summed E-state index contributed by atoms with van der Waals surface area (Å²) in [6.45, 7) is 8.39. The van der Waals surface area contributed by atoms with Gasteiger partial charge in [0.15, 0.2) is 0 Å². The number of rotatable bonds is 6. The lowest BCUT2D eigenvalue weighted by Gasteiger charge is -2.05. The summed E-state index contributed by atoms with van der Waals surface area (Å²) in [5, 5.41) is 7.38. The lowest BCUT2D eigenvalue weighted by Crippen LogP contribution is -2.85. The molecule has 1 aromatic heterocycles. The van der Waals surface area contributed by atoms with Crippen molar-refractivity contribution in [1.82, 2.24) is 9.88 Å². The number of ether oxygens (including phenoxy) is 1. The lowest BCUT2D eigenvalue weighted by molar-refractivity contribution is -0.464. The fourth-order valence-electron chi connectivity index (χ4n) is 3.01. The summed E-state index contributed by atoms with van der Waals surface area (Å²) in [5.41, 5.74) is 8.41. The Bertz CT molecular complexity index is 1130. The molecule has 6 heteroatoms. The highest BCUT2D eigenvalue weighted by atomic mass is 16.5. The summed E-state index contributed by atoms with van der Waals surface area (Å²) in [6.07, 6.45) is 3.88. The first-order chi connectivity index (χ1) is 13.0. The molecule has 3 rings (SSSR count). The summed E-state index contributed by atoms with van der Waals surface area (Å²) in [4.78, 5) is 23.4. The first kappa shape index (κ1) is 18.5. The number of urea groups is 1. The molecular formula is C21H22N3O3+. The number of nitrogens with two attached hydrogens (primary N) is 1. The second-order valence-corrected chi connectivity index (χ2v) is 6.24. The molecule has 1 heterocycles. The third kappa shape index (κ3) is 3.94. The normalized spacial score (nSPS) is 11.5. The minimum atomic E-state index is -0.459. The highest BCUT2D eigenvalue weighted by Crippen LogP contribution is 2.13. The highest BCUT2D eigenvalue weighted by molar-refractivity contribution is 5.87. The predicted octanol–water partition coefficient (Wildman–Crippen LogP) is 0.570. The number of quaternary nitrogens is 1. The van der Waals surface area contributed by atoms with Gasteiger partial charge in [-0.1, -0.05) is 18.0 Å². The van der Waals surface area contributed by atoms with Crippen LogP contribution < -0.4 is 21.2 Å². The smallest absolute Gasteiger partial charge is 0.418 e. The van der Waals surface area contributed by atoms with Gasteiger partial charge in [-0.05, 0) is 32.1 Å². The highest BCUT2D eigenvalue weighted by Gasteiger charge is 2.12. The average Bonchev–Trinajstić information content (AvgIpc) is 2.98. The maximum absolute atomic E-state index is 12.1. The van der Waals surface area contributed by atoms with E-state index in [9.17, 15) is 9.59 Å². The van der Waals surface area contributed by atoms with Crippen LogP contribution in [0.1, 0.15) is 13.8 Å². The van der Waals surface area contributed by atoms with Gasteiger partial charge < -0.3 is 14.6 Å². The Balaban J connectivity index is 1.71. The molecule has 0 spiro atoms. The summed E-state index contributed by atoms with van der Waals surface area (Å²) < 4.78 is 7.16. The molecule has 138 valence electrons. The van der Waals surface area contributed by atoms with Crippen molar-refractivity contribution in [3.8, 4) is 0 Å². The molecule has 1 aromatic carbocycles. The Morgan fingerprint density at radius 1 is 1.37 bits per heavy atom. The number of benzene rings is 1. The molecule has 0 unspecified atom stereocenters. The van der Waals surface area contributed by atoms with E-state index in [0.29, 0.717) is 5.57 Å². The molecule has 3 N–H and O–H groups in total. The van der Waals surface area contributed by atoms with Crippen LogP contribution in [0.25, 0.3) is 22.7 Å². The van der Waals surface area contributed by atoms with E-state index < -0.39 is 5.97 Å². The van der Waals surface area contributed by atoms with Crippen LogP contribution in [0.2, 0.25) is 0 Å². The number of aryl methyl sites for hydroxylation is 1. The summed E-state index contributed by atoms with van der Waals surface area (Å²) >= 11 is 0. The lowest BCUT2D eigenvalue weighted by atomic mass is 10.2. The summed E-state index contributed by atoms with van der Waals surface area (Å²) in [5.74, 6) is -0.459. The third-order valence-electron chi connectivity index (χ3n) is 4.25. The van der Waals surface area contributed by atoms with Crippen molar-refractivity contribution in [2.45, 2.75) is 20.4 Å². The van der Waals surface area contributed by atoms with Gasteiger partial charge in [0, 0.05) is 29.6 Å². The Morgan fingerprint density at radius 2 is 2.19 bits per heavy atom. The Hall–Kier alpha value is -3.30. The van der Waals surface area contributed by atoms with Gasteiger partial charge in [-0.3, -0.25) is 0 Å². The van der Waals surface area contributed by atoms with Crippen molar-refractivity contribution in [3.05, 3.63) is 52.7 Å². The minimum Gasteiger partial charge on any atom is -0.460 e. The first-order valence-corrected chi connectivity index (χ1v) is 8.80. The number of carbonyl (C=O) groups excluding carboxylic acids is 2. The number of fused-ring (bicyclic) bond motifs is 3. The largest absolute Gasteiger partial charge is 0.460 e. The first-order valence-electron chi connectivity index (χ1n) is 8.80. The van der Waals surface area contributed by atoms with E-state index in [4.69, 9.17) is 4.74 Å². The van der Waals surface area contributed by atoms with E-state index in [1.54, 1.807) is 6.92 Å². The Kier molecular flexibility index (Phi) is 5.43. The second-order valence-electron chi connectivity index (χ2n) is 6.24. The van der Waals surface area contributed by atoms with Crippen molar-refractivity contribution in [3.63, 3.8) is 0 Å². The molecule has 0 bridgehead atoms. The summed E-state index contributed by atoms with van der Waals surface area (Å²) in [6, 6.07) is 5.67. The third-order valence-corrected chi connectivity index (χ3v) is 4.25. The molecule has 2 amide bonds. The number of hydrogen-bond donors (Lipinski definition) is 2. The van der Waals surface area contributed by atoms with Crippen LogP contribution in [0.15, 0.2) is 42.2 Å². The van der Waals surface area contributed by atoms with Crippen molar-refractivity contribution in [1.29, 1.82) is 0 Å². The van der Waals surface area contributed by atoms with Crippen LogP contribution >= 0.6 is 0 Å². The van der Waals surface area contributed by atoms with Crippen LogP contribution in [0, 0.1) is 0 Å². The molecule has 27 heavy (non-hydrogen) atoms. The zero-order chi connectivity index (χ0) is 19.4. The van der Waals surface area contributed by atoms with Gasteiger partial charge in [-0.15, -0.1) is 0 Å². The maximum atomic E-state index is 12.1. The number of primary amides is 1. The van der Waals surface area contributed by atoms with Gasteiger partial charge in [0.1, 0.15) is 12.3 Å². The Morgan fingerprint density at radius 3 is 2.93 bits per heavy atom. The fraction of sp³-hybridized carbons (Fsp3) is 0.238. The van der Waals surface area contributed by atoms with Crippen molar-refractivity contribution >= 4 is 40.4 Å². The van der Waals surface area contributed by atoms with Crippen molar-refractivity contribution in [2.75, 3.05) is 13.2 Å². The number of amides is 2. The molecule has 1 aliphatic carbocycles. The maximum Gasteiger partial charge on any atom is 0.418 e. The van der Waals surface area contributed by atoms with Crippen LogP contribution in [-0.4, -0.2) is 29.7 Å². The van der Waals surface area contributed by atoms with Gasteiger partial charge >= 0.3 is 12.0 Å². The minimum absolute atomic E-state index is 0.110. The SMILES string of the molecule is C=C(C)C(=O)OCCNC(=O)[NH2+]c1ccc2c(c1)c1c(n2CC)=CC=C=C=1. The molecule has 0 fully saturated rings. The van der Waals surface area contributed by atoms with Crippen LogP contribution in [0.4, 0.5) is 10.5 Å². The monoisotopic (exact) mass is 364 g/mol. The number of hydrogen-bond acceptors (Lipinski definition) is 3. The standard InChI is InChI=1S/C21H21N3O3/c1-4-24-18-8-6-5-7-16(18)17-13-15(9-10-19(17)24)23-21(26)22-11-12-27-20(25)14(2)3/h6,8-10,13H,2,4,11-12H2,1,3H3,(H2,22,23,26)/p+1. The van der Waals surface area contributed by atoms with Crippen molar-refractivity contribution < 1.29 is 19.6 Å². The van der Waals surface area contributed by atoms with E-state index in [2.05, 4.69) is 34.8 Å². The van der Waals surface area contributed by atoms with Crippen molar-refractivity contribution in [2.24, 2.45) is 0 Å². The number of carbonyl (C=O) groups is 2. The van der Waals surface area contributed by atoms with E-state index in [1.807, 2.05) is 30.4 Å². The van der Waals surface area contributed by atoms with Gasteiger partial charge in [0.05, 0.1) is 22.6 Å². The van der Waals surface area contributed by atoms with E-state index >= 15 is 0 Å². The fourth-order valence-corrected chi connectivity index (χ4v) is 3.01. The topological polar surface area (TPSA) is 76.9 Å². The zero-order valence-corrected chi connectivity index (χ0v) is 15.5. The van der Waals surface area contributed by atoms with Gasteiger partial charge in [-0.2, -0.15) is 0 Å². The van der Waals surface area contributed by atoms with E-state index in [0.717, 1.165) is 33.7 Å². The molecule has 0 saturated carbocycles. The van der Waals surface area contributed by atoms with Crippen LogP contribution in [-0.2, 0) is 16.1 Å². The number of aromatic nitrogens is 1. The van der Waals surface area contributed by atoms with Crippen LogP contribution in [0.5, 0.6) is 0 Å². The molecule has 0 saturated heterocycles. The number of nitrogens with zero attached hydrogens (tertiary/aromatic N) is 1. The number of nitrogens with one attached hydrogen (secondary N) is 1. The number of esters is 1. The summed E-state index contributed by atoms with van der Waals surface area (Å²) in [7, 11) is 0. The number of allylic oxidation sites excluding steroid dienone is 1. The molecule has 0 atom stereocenters. The van der Waals surface area contributed by atoms with E-state index in [1.165, 1.54) is 5.32 Å². The molecule has 2 aromatic rings. The molecular weight excluding hydrogens is 342 g/mol.